The molecule has 4 aromatic carbocycles. The third kappa shape index (κ3) is 7.30. The topological polar surface area (TPSA) is 151 Å². The number of benzene rings is 4. The lowest BCUT2D eigenvalue weighted by Crippen LogP contribution is -2.52. The summed E-state index contributed by atoms with van der Waals surface area (Å²) < 4.78 is 69.0. The summed E-state index contributed by atoms with van der Waals surface area (Å²) in [6.07, 6.45) is 0.196. The fourth-order valence-electron chi connectivity index (χ4n) is 6.54. The monoisotopic (exact) mass is 720 g/mol. The van der Waals surface area contributed by atoms with E-state index in [9.17, 15) is 27.0 Å². The Morgan fingerprint density at radius 1 is 0.640 bits per heavy atom. The summed E-state index contributed by atoms with van der Waals surface area (Å²) >= 11 is 0. The number of hydrogen-bond acceptors (Lipinski definition) is 8. The van der Waals surface area contributed by atoms with Crippen molar-refractivity contribution >= 4 is 20.0 Å². The van der Waals surface area contributed by atoms with E-state index >= 15 is 0 Å². The largest absolute Gasteiger partial charge is 0.381 e. The molecule has 266 valence electrons. The van der Waals surface area contributed by atoms with Gasteiger partial charge in [-0.05, 0) is 66.1 Å². The number of hydrogen-bond donors (Lipinski definition) is 4. The van der Waals surface area contributed by atoms with Crippen molar-refractivity contribution in [1.82, 2.24) is 9.44 Å². The van der Waals surface area contributed by atoms with Crippen LogP contribution in [-0.4, -0.2) is 76.1 Å². The van der Waals surface area contributed by atoms with Gasteiger partial charge in [0.25, 0.3) is 0 Å². The fraction of sp³-hybridized carbons (Fsp3) is 0.368. The van der Waals surface area contributed by atoms with E-state index in [4.69, 9.17) is 9.47 Å². The second-order valence-corrected chi connectivity index (χ2v) is 18.0. The fourth-order valence-corrected chi connectivity index (χ4v) is 8.76. The van der Waals surface area contributed by atoms with E-state index in [1.165, 1.54) is 0 Å². The molecule has 0 bridgehead atoms. The van der Waals surface area contributed by atoms with Crippen LogP contribution in [0.5, 0.6) is 0 Å². The number of rotatable bonds is 12. The number of aliphatic hydroxyl groups is 2. The van der Waals surface area contributed by atoms with Crippen molar-refractivity contribution in [2.45, 2.75) is 61.0 Å². The van der Waals surface area contributed by atoms with E-state index in [0.717, 1.165) is 27.8 Å². The van der Waals surface area contributed by atoms with Gasteiger partial charge >= 0.3 is 0 Å². The van der Waals surface area contributed by atoms with Gasteiger partial charge in [0, 0.05) is 0 Å². The van der Waals surface area contributed by atoms with Gasteiger partial charge in [0.05, 0.1) is 49.0 Å². The van der Waals surface area contributed by atoms with Gasteiger partial charge in [-0.1, -0.05) is 103 Å². The van der Waals surface area contributed by atoms with Crippen LogP contribution in [0.2, 0.25) is 0 Å². The molecular weight excluding hydrogens is 677 g/mol. The van der Waals surface area contributed by atoms with Gasteiger partial charge in [-0.3, -0.25) is 0 Å². The average molecular weight is 721 g/mol. The smallest absolute Gasteiger partial charge is 0.214 e. The van der Waals surface area contributed by atoms with Crippen LogP contribution in [0, 0.1) is 0 Å². The van der Waals surface area contributed by atoms with Crippen LogP contribution in [0.15, 0.2) is 103 Å². The molecule has 2 heterocycles. The van der Waals surface area contributed by atoms with Crippen molar-refractivity contribution in [3.63, 3.8) is 0 Å². The van der Waals surface area contributed by atoms with Gasteiger partial charge in [0.2, 0.25) is 20.0 Å². The minimum absolute atomic E-state index is 0.0307. The van der Waals surface area contributed by atoms with Crippen molar-refractivity contribution in [3.05, 3.63) is 120 Å². The van der Waals surface area contributed by atoms with Crippen LogP contribution < -0.4 is 9.44 Å². The summed E-state index contributed by atoms with van der Waals surface area (Å²) in [5.74, 6) is 0. The van der Waals surface area contributed by atoms with Crippen LogP contribution in [0.3, 0.4) is 0 Å². The van der Waals surface area contributed by atoms with Crippen LogP contribution in [0.4, 0.5) is 0 Å². The second-order valence-electron chi connectivity index (χ2n) is 13.6. The summed E-state index contributed by atoms with van der Waals surface area (Å²) in [7, 11) is -7.56. The molecule has 6 rings (SSSR count). The van der Waals surface area contributed by atoms with Gasteiger partial charge in [-0.25, -0.2) is 26.3 Å². The first-order valence-corrected chi connectivity index (χ1v) is 19.8. The third-order valence-electron chi connectivity index (χ3n) is 9.84. The van der Waals surface area contributed by atoms with Crippen LogP contribution in [-0.2, 0) is 47.1 Å². The maximum absolute atomic E-state index is 13.7. The van der Waals surface area contributed by atoms with Gasteiger partial charge in [-0.2, -0.15) is 0 Å². The SMILES string of the molecule is CC(C)S(=O)(=O)NC1COCC1(O)c1ccc(-c2ccccc2CC(C)S(=O)(=O)NC2COCC2(O)c2ccc(-c3ccccc3)cc2)cc1. The number of sulfonamides is 2. The lowest BCUT2D eigenvalue weighted by atomic mass is 9.88. The Kier molecular flexibility index (Phi) is 10.4. The van der Waals surface area contributed by atoms with Crippen LogP contribution >= 0.6 is 0 Å². The lowest BCUT2D eigenvalue weighted by Gasteiger charge is -2.30. The lowest BCUT2D eigenvalue weighted by molar-refractivity contribution is 0.0120. The molecule has 2 fully saturated rings. The third-order valence-corrected chi connectivity index (χ3v) is 13.5. The van der Waals surface area contributed by atoms with Crippen LogP contribution in [0.1, 0.15) is 37.5 Å². The highest BCUT2D eigenvalue weighted by atomic mass is 32.2. The number of nitrogens with one attached hydrogen (secondary N) is 2. The molecule has 5 unspecified atom stereocenters. The van der Waals surface area contributed by atoms with Crippen molar-refractivity contribution in [3.8, 4) is 22.3 Å². The van der Waals surface area contributed by atoms with Gasteiger partial charge in [0.1, 0.15) is 11.2 Å². The number of ether oxygens (including phenoxy) is 2. The van der Waals surface area contributed by atoms with Crippen LogP contribution in [0.25, 0.3) is 22.3 Å². The Morgan fingerprint density at radius 2 is 1.10 bits per heavy atom. The molecule has 2 aliphatic rings. The molecule has 50 heavy (non-hydrogen) atoms. The summed E-state index contributed by atoms with van der Waals surface area (Å²) in [6.45, 7) is 4.75. The predicted molar refractivity (Wildman–Crippen MR) is 193 cm³/mol. The molecule has 0 saturated carbocycles. The Morgan fingerprint density at radius 3 is 1.64 bits per heavy atom. The predicted octanol–water partition coefficient (Wildman–Crippen LogP) is 4.07. The normalized spacial score (nSPS) is 24.8. The zero-order valence-corrected chi connectivity index (χ0v) is 30.0. The molecule has 0 radical (unpaired) electrons. The van der Waals surface area contributed by atoms with E-state index < -0.39 is 53.8 Å². The maximum Gasteiger partial charge on any atom is 0.214 e. The van der Waals surface area contributed by atoms with Crippen molar-refractivity contribution in [1.29, 1.82) is 0 Å². The summed E-state index contributed by atoms with van der Waals surface area (Å²) in [6, 6.07) is 30.2. The van der Waals surface area contributed by atoms with E-state index in [-0.39, 0.29) is 32.8 Å². The zero-order chi connectivity index (χ0) is 35.7. The van der Waals surface area contributed by atoms with Crippen molar-refractivity contribution in [2.75, 3.05) is 26.4 Å². The Bertz CT molecular complexity index is 2010. The minimum Gasteiger partial charge on any atom is -0.381 e. The molecule has 0 spiro atoms. The first-order chi connectivity index (χ1) is 23.7. The average Bonchev–Trinajstić information content (AvgIpc) is 3.67. The van der Waals surface area contributed by atoms with E-state index in [1.54, 1.807) is 32.9 Å². The summed E-state index contributed by atoms with van der Waals surface area (Å²) in [5.41, 5.74) is 2.45. The van der Waals surface area contributed by atoms with Gasteiger partial charge < -0.3 is 19.7 Å². The second kappa shape index (κ2) is 14.3. The quantitative estimate of drug-likeness (QED) is 0.171. The molecule has 12 heteroatoms. The van der Waals surface area contributed by atoms with Gasteiger partial charge in [-0.15, -0.1) is 0 Å². The Balaban J connectivity index is 1.16. The standard InChI is InChI=1S/C38H44N2O8S2/c1-26(2)49(43,44)39-35-22-47-24-37(35,41)33-19-15-30(16-20-33)34-12-8-7-11-31(34)21-27(3)50(45,46)40-36-23-48-25-38(36,42)32-17-13-29(14-18-32)28-9-5-4-6-10-28/h4-20,26-27,35-36,39-42H,21-25H2,1-3H3. The highest BCUT2D eigenvalue weighted by Crippen LogP contribution is 2.35. The highest BCUT2D eigenvalue weighted by molar-refractivity contribution is 7.90. The molecule has 0 amide bonds. The molecule has 5 atom stereocenters. The van der Waals surface area contributed by atoms with E-state index in [0.29, 0.717) is 11.1 Å². The molecular formula is C38H44N2O8S2. The van der Waals surface area contributed by atoms with Crippen molar-refractivity contribution in [2.24, 2.45) is 0 Å². The Labute approximate surface area is 294 Å². The maximum atomic E-state index is 13.7. The molecule has 2 aliphatic heterocycles. The summed E-state index contributed by atoms with van der Waals surface area (Å²) in [4.78, 5) is 0. The molecule has 0 aliphatic carbocycles. The minimum atomic E-state index is -3.92. The molecule has 10 nitrogen and oxygen atoms in total. The summed E-state index contributed by atoms with van der Waals surface area (Å²) in [5, 5.41) is 21.7. The molecule has 4 N–H and O–H groups in total. The first-order valence-electron chi connectivity index (χ1n) is 16.7. The first kappa shape index (κ1) is 36.3. The molecule has 4 aromatic rings. The molecule has 0 aromatic heterocycles. The molecule has 2 saturated heterocycles. The van der Waals surface area contributed by atoms with Gasteiger partial charge in [0.15, 0.2) is 0 Å². The Hall–Kier alpha value is -3.46. The van der Waals surface area contributed by atoms with Crippen molar-refractivity contribution < 1.29 is 36.5 Å². The zero-order valence-electron chi connectivity index (χ0n) is 28.3. The van der Waals surface area contributed by atoms with E-state index in [2.05, 4.69) is 9.44 Å². The van der Waals surface area contributed by atoms with E-state index in [1.807, 2.05) is 91.0 Å². The highest BCUT2D eigenvalue weighted by Gasteiger charge is 2.47.